The Labute approximate surface area is 146 Å². The number of methoxy groups -OCH3 is 2. The molecule has 3 rings (SSSR count). The zero-order valence-electron chi connectivity index (χ0n) is 14.0. The van der Waals surface area contributed by atoms with Gasteiger partial charge in [0.2, 0.25) is 0 Å². The number of benzene rings is 2. The Kier molecular flexibility index (Phi) is 4.95. The van der Waals surface area contributed by atoms with E-state index in [0.717, 1.165) is 28.4 Å². The third-order valence-electron chi connectivity index (χ3n) is 4.15. The van der Waals surface area contributed by atoms with Crippen molar-refractivity contribution in [3.05, 3.63) is 70.1 Å². The Morgan fingerprint density at radius 3 is 2.71 bits per heavy atom. The zero-order chi connectivity index (χ0) is 17.1. The first kappa shape index (κ1) is 16.7. The zero-order valence-corrected chi connectivity index (χ0v) is 14.9. The van der Waals surface area contributed by atoms with Gasteiger partial charge >= 0.3 is 0 Å². The number of rotatable bonds is 5. The van der Waals surface area contributed by atoms with E-state index in [2.05, 4.69) is 6.07 Å². The van der Waals surface area contributed by atoms with Crippen LogP contribution in [0.2, 0.25) is 0 Å². The van der Waals surface area contributed by atoms with Crippen molar-refractivity contribution in [2.75, 3.05) is 14.2 Å². The van der Waals surface area contributed by atoms with Crippen LogP contribution in [0.4, 0.5) is 0 Å². The van der Waals surface area contributed by atoms with Crippen molar-refractivity contribution in [2.45, 2.75) is 18.6 Å². The highest BCUT2D eigenvalue weighted by molar-refractivity contribution is 8.04. The van der Waals surface area contributed by atoms with E-state index in [4.69, 9.17) is 9.47 Å². The molecule has 4 heteroatoms. The number of hydrogen-bond donors (Lipinski definition) is 0. The minimum Gasteiger partial charge on any atom is -0.497 e. The molecule has 0 radical (unpaired) electrons. The summed E-state index contributed by atoms with van der Waals surface area (Å²) in [5.74, 6) is 1.65. The maximum absolute atomic E-state index is 12.8. The Balaban J connectivity index is 1.76. The van der Waals surface area contributed by atoms with Crippen molar-refractivity contribution in [2.24, 2.45) is 0 Å². The van der Waals surface area contributed by atoms with Gasteiger partial charge in [-0.3, -0.25) is 4.79 Å². The normalized spacial score (nSPS) is 16.6. The van der Waals surface area contributed by atoms with E-state index in [1.807, 2.05) is 49.4 Å². The fraction of sp³-hybridized carbons (Fsp3) is 0.250. The van der Waals surface area contributed by atoms with E-state index in [9.17, 15) is 4.79 Å². The third-order valence-corrected chi connectivity index (χ3v) is 5.50. The van der Waals surface area contributed by atoms with E-state index in [1.54, 1.807) is 26.0 Å². The van der Waals surface area contributed by atoms with Gasteiger partial charge in [-0.15, -0.1) is 11.8 Å². The first-order chi connectivity index (χ1) is 11.6. The second kappa shape index (κ2) is 7.14. The molecule has 1 atom stereocenters. The molecule has 0 N–H and O–H groups in total. The SMILES string of the molecule is COc1cccc(C2CC=C(C(=O)c3ccc(C)c(OC)c3)S2)c1. The summed E-state index contributed by atoms with van der Waals surface area (Å²) in [7, 11) is 3.29. The highest BCUT2D eigenvalue weighted by atomic mass is 32.2. The lowest BCUT2D eigenvalue weighted by molar-refractivity contribution is 0.104. The Morgan fingerprint density at radius 1 is 1.12 bits per heavy atom. The fourth-order valence-corrected chi connectivity index (χ4v) is 3.96. The first-order valence-corrected chi connectivity index (χ1v) is 8.70. The summed E-state index contributed by atoms with van der Waals surface area (Å²) >= 11 is 1.62. The summed E-state index contributed by atoms with van der Waals surface area (Å²) < 4.78 is 10.6. The minimum atomic E-state index is 0.0590. The topological polar surface area (TPSA) is 35.5 Å². The van der Waals surface area contributed by atoms with E-state index >= 15 is 0 Å². The van der Waals surface area contributed by atoms with Gasteiger partial charge in [-0.1, -0.05) is 30.3 Å². The molecule has 0 spiro atoms. The number of allylic oxidation sites excluding steroid dienone is 2. The standard InChI is InChI=1S/C20H20O3S/c1-13-7-8-15(12-17(13)23-3)20(21)19-10-9-18(24-19)14-5-4-6-16(11-14)22-2/h4-8,10-12,18H,9H2,1-3H3. The quantitative estimate of drug-likeness (QED) is 0.721. The molecule has 1 unspecified atom stereocenters. The van der Waals surface area contributed by atoms with Crippen LogP contribution in [0, 0.1) is 6.92 Å². The van der Waals surface area contributed by atoms with Crippen LogP contribution in [-0.2, 0) is 0 Å². The van der Waals surface area contributed by atoms with Gasteiger partial charge in [-0.2, -0.15) is 0 Å². The average Bonchev–Trinajstić information content (AvgIpc) is 3.11. The summed E-state index contributed by atoms with van der Waals surface area (Å²) in [6.45, 7) is 1.97. The van der Waals surface area contributed by atoms with Crippen LogP contribution in [-0.4, -0.2) is 20.0 Å². The largest absolute Gasteiger partial charge is 0.497 e. The van der Waals surface area contributed by atoms with Gasteiger partial charge in [0.1, 0.15) is 11.5 Å². The van der Waals surface area contributed by atoms with Crippen LogP contribution in [0.5, 0.6) is 11.5 Å². The molecule has 1 heterocycles. The Morgan fingerprint density at radius 2 is 1.96 bits per heavy atom. The number of Topliss-reactive ketones (excluding diaryl/α,β-unsaturated/α-hetero) is 1. The molecular weight excluding hydrogens is 320 g/mol. The predicted octanol–water partition coefficient (Wildman–Crippen LogP) is 4.96. The minimum absolute atomic E-state index is 0.0590. The smallest absolute Gasteiger partial charge is 0.199 e. The lowest BCUT2D eigenvalue weighted by Gasteiger charge is -2.12. The average molecular weight is 340 g/mol. The summed E-state index contributed by atoms with van der Waals surface area (Å²) in [4.78, 5) is 13.6. The van der Waals surface area contributed by atoms with E-state index in [0.29, 0.717) is 5.56 Å². The first-order valence-electron chi connectivity index (χ1n) is 7.82. The molecular formula is C20H20O3S. The Bertz CT molecular complexity index is 795. The number of thioether (sulfide) groups is 1. The van der Waals surface area contributed by atoms with E-state index < -0.39 is 0 Å². The fourth-order valence-electron chi connectivity index (χ4n) is 2.76. The van der Waals surface area contributed by atoms with Gasteiger partial charge < -0.3 is 9.47 Å². The molecule has 2 aromatic rings. The molecule has 1 aliphatic heterocycles. The molecule has 2 aromatic carbocycles. The summed E-state index contributed by atoms with van der Waals surface area (Å²) in [5, 5.41) is 0.256. The molecule has 0 saturated heterocycles. The van der Waals surface area contributed by atoms with Crippen LogP contribution < -0.4 is 9.47 Å². The molecule has 0 aliphatic carbocycles. The summed E-state index contributed by atoms with van der Waals surface area (Å²) in [6.07, 6.45) is 2.88. The molecule has 0 saturated carbocycles. The summed E-state index contributed by atoms with van der Waals surface area (Å²) in [5.41, 5.74) is 2.87. The van der Waals surface area contributed by atoms with Crippen molar-refractivity contribution in [1.29, 1.82) is 0 Å². The van der Waals surface area contributed by atoms with Gasteiger partial charge in [0, 0.05) is 10.8 Å². The molecule has 0 amide bonds. The van der Waals surface area contributed by atoms with Crippen molar-refractivity contribution in [3.63, 3.8) is 0 Å². The van der Waals surface area contributed by atoms with Crippen molar-refractivity contribution < 1.29 is 14.3 Å². The highest BCUT2D eigenvalue weighted by Crippen LogP contribution is 2.45. The Hall–Kier alpha value is -2.20. The van der Waals surface area contributed by atoms with Crippen molar-refractivity contribution >= 4 is 17.5 Å². The summed E-state index contributed by atoms with van der Waals surface area (Å²) in [6, 6.07) is 13.6. The van der Waals surface area contributed by atoms with Crippen LogP contribution in [0.15, 0.2) is 53.4 Å². The predicted molar refractivity (Wildman–Crippen MR) is 98.1 cm³/mol. The maximum Gasteiger partial charge on any atom is 0.199 e. The third kappa shape index (κ3) is 3.34. The van der Waals surface area contributed by atoms with Crippen LogP contribution in [0.3, 0.4) is 0 Å². The second-order valence-corrected chi connectivity index (χ2v) is 6.95. The van der Waals surface area contributed by atoms with Crippen LogP contribution >= 0.6 is 11.8 Å². The molecule has 3 nitrogen and oxygen atoms in total. The molecule has 1 aliphatic rings. The van der Waals surface area contributed by atoms with Crippen molar-refractivity contribution in [3.8, 4) is 11.5 Å². The molecule has 24 heavy (non-hydrogen) atoms. The maximum atomic E-state index is 12.8. The van der Waals surface area contributed by atoms with Crippen LogP contribution in [0.25, 0.3) is 0 Å². The van der Waals surface area contributed by atoms with Gasteiger partial charge in [0.25, 0.3) is 0 Å². The molecule has 0 bridgehead atoms. The number of ketones is 1. The number of hydrogen-bond acceptors (Lipinski definition) is 4. The molecule has 0 aromatic heterocycles. The van der Waals surface area contributed by atoms with Gasteiger partial charge in [0.05, 0.1) is 19.1 Å². The molecule has 124 valence electrons. The van der Waals surface area contributed by atoms with Gasteiger partial charge in [-0.05, 0) is 42.7 Å². The van der Waals surface area contributed by atoms with E-state index in [1.165, 1.54) is 5.56 Å². The molecule has 0 fully saturated rings. The number of carbonyl (C=O) groups is 1. The second-order valence-electron chi connectivity index (χ2n) is 5.70. The number of carbonyl (C=O) groups excluding carboxylic acids is 1. The highest BCUT2D eigenvalue weighted by Gasteiger charge is 2.25. The van der Waals surface area contributed by atoms with E-state index in [-0.39, 0.29) is 11.0 Å². The van der Waals surface area contributed by atoms with Crippen molar-refractivity contribution in [1.82, 2.24) is 0 Å². The number of ether oxygens (including phenoxy) is 2. The van der Waals surface area contributed by atoms with Gasteiger partial charge in [0.15, 0.2) is 5.78 Å². The van der Waals surface area contributed by atoms with Gasteiger partial charge in [-0.25, -0.2) is 0 Å². The van der Waals surface area contributed by atoms with Crippen LogP contribution in [0.1, 0.15) is 33.2 Å². The number of aryl methyl sites for hydroxylation is 1. The lowest BCUT2D eigenvalue weighted by atomic mass is 10.1. The monoisotopic (exact) mass is 340 g/mol. The lowest BCUT2D eigenvalue weighted by Crippen LogP contribution is -2.01.